The minimum absolute atomic E-state index is 0.148. The fraction of sp³-hybridized carbons (Fsp3) is 0.231. The third-order valence-corrected chi connectivity index (χ3v) is 3.30. The molecule has 0 aliphatic carbocycles. The van der Waals surface area contributed by atoms with Crippen LogP contribution >= 0.6 is 12.2 Å². The molecule has 6 nitrogen and oxygen atoms in total. The maximum atomic E-state index is 5.58. The Bertz CT molecular complexity index is 773. The highest BCUT2D eigenvalue weighted by molar-refractivity contribution is 7.71. The van der Waals surface area contributed by atoms with Crippen LogP contribution in [0.4, 0.5) is 0 Å². The number of aryl methyl sites for hydroxylation is 1. The maximum Gasteiger partial charge on any atom is 0.217 e. The molecular weight excluding hydrogens is 274 g/mol. The van der Waals surface area contributed by atoms with Gasteiger partial charge in [-0.2, -0.15) is 5.10 Å². The number of nitrogens with zero attached hydrogens (tertiary/aromatic N) is 4. The van der Waals surface area contributed by atoms with Crippen LogP contribution in [-0.4, -0.2) is 24.7 Å². The van der Waals surface area contributed by atoms with Crippen LogP contribution in [0.3, 0.4) is 0 Å². The van der Waals surface area contributed by atoms with Crippen molar-refractivity contribution in [2.45, 2.75) is 19.9 Å². The van der Waals surface area contributed by atoms with Crippen molar-refractivity contribution < 1.29 is 4.42 Å². The van der Waals surface area contributed by atoms with Gasteiger partial charge in [-0.05, 0) is 38.2 Å². The van der Waals surface area contributed by atoms with Gasteiger partial charge in [-0.1, -0.05) is 0 Å². The molecular formula is C13H13N5OS. The summed E-state index contributed by atoms with van der Waals surface area (Å²) in [6.07, 6.45) is 5.16. The van der Waals surface area contributed by atoms with Crippen LogP contribution in [-0.2, 0) is 0 Å². The van der Waals surface area contributed by atoms with Crippen LogP contribution in [0.25, 0.3) is 11.4 Å². The second-order valence-corrected chi connectivity index (χ2v) is 4.84. The minimum atomic E-state index is -0.148. The lowest BCUT2D eigenvalue weighted by Gasteiger charge is -2.12. The van der Waals surface area contributed by atoms with E-state index in [4.69, 9.17) is 16.6 Å². The number of rotatable bonds is 3. The summed E-state index contributed by atoms with van der Waals surface area (Å²) in [5.74, 6) is 2.08. The Balaban J connectivity index is 2.10. The number of aromatic nitrogens is 5. The standard InChI is InChI=1S/C13H13N5OS/c1-8-6-15-12(19-8)9(2)18-11(16-17-13(18)20)10-4-3-5-14-7-10/h3-7,9H,1-2H3,(H,17,20). The number of H-pyrrole nitrogens is 1. The van der Waals surface area contributed by atoms with Gasteiger partial charge in [-0.25, -0.2) is 4.98 Å². The normalized spacial score (nSPS) is 12.5. The van der Waals surface area contributed by atoms with E-state index in [1.165, 1.54) is 0 Å². The van der Waals surface area contributed by atoms with Crippen molar-refractivity contribution in [3.05, 3.63) is 47.1 Å². The van der Waals surface area contributed by atoms with Crippen molar-refractivity contribution in [1.29, 1.82) is 0 Å². The van der Waals surface area contributed by atoms with E-state index < -0.39 is 0 Å². The summed E-state index contributed by atoms with van der Waals surface area (Å²) >= 11 is 5.31. The Morgan fingerprint density at radius 3 is 2.90 bits per heavy atom. The fourth-order valence-electron chi connectivity index (χ4n) is 2.04. The van der Waals surface area contributed by atoms with E-state index in [-0.39, 0.29) is 6.04 Å². The molecule has 0 aromatic carbocycles. The lowest BCUT2D eigenvalue weighted by Crippen LogP contribution is -2.09. The van der Waals surface area contributed by atoms with Crippen LogP contribution < -0.4 is 0 Å². The summed E-state index contributed by atoms with van der Waals surface area (Å²) in [5, 5.41) is 7.09. The first-order chi connectivity index (χ1) is 9.66. The number of nitrogens with one attached hydrogen (secondary N) is 1. The molecule has 0 spiro atoms. The van der Waals surface area contributed by atoms with Crippen molar-refractivity contribution in [2.24, 2.45) is 0 Å². The minimum Gasteiger partial charge on any atom is -0.444 e. The third kappa shape index (κ3) is 2.16. The molecule has 1 atom stereocenters. The van der Waals surface area contributed by atoms with E-state index in [1.807, 2.05) is 30.5 Å². The molecule has 102 valence electrons. The molecule has 1 N–H and O–H groups in total. The quantitative estimate of drug-likeness (QED) is 0.750. The number of pyridine rings is 1. The zero-order chi connectivity index (χ0) is 14.1. The van der Waals surface area contributed by atoms with E-state index in [1.54, 1.807) is 18.6 Å². The summed E-state index contributed by atoms with van der Waals surface area (Å²) in [5.41, 5.74) is 0.884. The van der Waals surface area contributed by atoms with E-state index in [2.05, 4.69) is 20.2 Å². The van der Waals surface area contributed by atoms with Crippen molar-refractivity contribution >= 4 is 12.2 Å². The molecule has 1 unspecified atom stereocenters. The molecule has 7 heteroatoms. The second kappa shape index (κ2) is 5.01. The molecule has 0 amide bonds. The lowest BCUT2D eigenvalue weighted by molar-refractivity contribution is 0.414. The monoisotopic (exact) mass is 287 g/mol. The number of hydrogen-bond acceptors (Lipinski definition) is 5. The second-order valence-electron chi connectivity index (χ2n) is 4.45. The van der Waals surface area contributed by atoms with E-state index in [9.17, 15) is 0 Å². The Morgan fingerprint density at radius 2 is 2.25 bits per heavy atom. The molecule has 3 aromatic heterocycles. The smallest absolute Gasteiger partial charge is 0.217 e. The first-order valence-corrected chi connectivity index (χ1v) is 6.57. The molecule has 20 heavy (non-hydrogen) atoms. The average molecular weight is 287 g/mol. The topological polar surface area (TPSA) is 72.5 Å². The molecule has 3 heterocycles. The first kappa shape index (κ1) is 12.7. The summed E-state index contributed by atoms with van der Waals surface area (Å²) in [6.45, 7) is 3.83. The predicted octanol–water partition coefficient (Wildman–Crippen LogP) is 2.91. The summed E-state index contributed by atoms with van der Waals surface area (Å²) in [4.78, 5) is 8.36. The van der Waals surface area contributed by atoms with Gasteiger partial charge < -0.3 is 4.42 Å². The Hall–Kier alpha value is -2.28. The van der Waals surface area contributed by atoms with Gasteiger partial charge in [-0.15, -0.1) is 0 Å². The van der Waals surface area contributed by atoms with Crippen molar-refractivity contribution in [3.8, 4) is 11.4 Å². The van der Waals surface area contributed by atoms with Crippen molar-refractivity contribution in [1.82, 2.24) is 24.7 Å². The SMILES string of the molecule is Cc1cnc(C(C)n2c(-c3cccnc3)n[nH]c2=S)o1. The van der Waals surface area contributed by atoms with Crippen molar-refractivity contribution in [3.63, 3.8) is 0 Å². The molecule has 0 bridgehead atoms. The van der Waals surface area contributed by atoms with Crippen LogP contribution in [0.2, 0.25) is 0 Å². The molecule has 0 aliphatic rings. The van der Waals surface area contributed by atoms with Crippen LogP contribution in [0.5, 0.6) is 0 Å². The van der Waals surface area contributed by atoms with Gasteiger partial charge in [0.15, 0.2) is 10.6 Å². The third-order valence-electron chi connectivity index (χ3n) is 3.01. The van der Waals surface area contributed by atoms with Crippen molar-refractivity contribution in [2.75, 3.05) is 0 Å². The average Bonchev–Trinajstić information content (AvgIpc) is 3.05. The van der Waals surface area contributed by atoms with Gasteiger partial charge in [-0.3, -0.25) is 14.6 Å². The van der Waals surface area contributed by atoms with E-state index >= 15 is 0 Å². The highest BCUT2D eigenvalue weighted by Gasteiger charge is 2.19. The summed E-state index contributed by atoms with van der Waals surface area (Å²) in [7, 11) is 0. The molecule has 0 saturated heterocycles. The van der Waals surface area contributed by atoms with Gasteiger partial charge >= 0.3 is 0 Å². The zero-order valence-electron chi connectivity index (χ0n) is 11.1. The molecule has 0 radical (unpaired) electrons. The fourth-order valence-corrected chi connectivity index (χ4v) is 2.33. The lowest BCUT2D eigenvalue weighted by atomic mass is 10.2. The molecule has 0 fully saturated rings. The summed E-state index contributed by atoms with van der Waals surface area (Å²) in [6, 6.07) is 3.64. The zero-order valence-corrected chi connectivity index (χ0v) is 11.9. The predicted molar refractivity (Wildman–Crippen MR) is 75.7 cm³/mol. The number of hydrogen-bond donors (Lipinski definition) is 1. The molecule has 0 aliphatic heterocycles. The maximum absolute atomic E-state index is 5.58. The Kier molecular flexibility index (Phi) is 3.19. The van der Waals surface area contributed by atoms with Gasteiger partial charge in [0.2, 0.25) is 5.89 Å². The number of oxazole rings is 1. The van der Waals surface area contributed by atoms with Gasteiger partial charge in [0.25, 0.3) is 0 Å². The highest BCUT2D eigenvalue weighted by atomic mass is 32.1. The van der Waals surface area contributed by atoms with Gasteiger partial charge in [0.05, 0.1) is 6.20 Å². The molecule has 3 rings (SSSR count). The van der Waals surface area contributed by atoms with Gasteiger partial charge in [0, 0.05) is 18.0 Å². The molecule has 3 aromatic rings. The van der Waals surface area contributed by atoms with Gasteiger partial charge in [0.1, 0.15) is 11.8 Å². The summed E-state index contributed by atoms with van der Waals surface area (Å²) < 4.78 is 7.97. The van der Waals surface area contributed by atoms with E-state index in [0.717, 1.165) is 11.3 Å². The molecule has 0 saturated carbocycles. The Morgan fingerprint density at radius 1 is 1.40 bits per heavy atom. The van der Waals surface area contributed by atoms with E-state index in [0.29, 0.717) is 16.5 Å². The largest absolute Gasteiger partial charge is 0.444 e. The van der Waals surface area contributed by atoms with Crippen LogP contribution in [0.1, 0.15) is 24.6 Å². The highest BCUT2D eigenvalue weighted by Crippen LogP contribution is 2.24. The van der Waals surface area contributed by atoms with Crippen LogP contribution in [0, 0.1) is 11.7 Å². The first-order valence-electron chi connectivity index (χ1n) is 6.16. The number of aromatic amines is 1. The Labute approximate surface area is 120 Å². The van der Waals surface area contributed by atoms with Crippen LogP contribution in [0.15, 0.2) is 35.1 Å².